The third-order valence-electron chi connectivity index (χ3n) is 0.183. The minimum Gasteiger partial charge on any atom is -0.473 e. The number of aliphatic carboxylic acids is 2. The number of carboxylic acids is 2. The van der Waals surface area contributed by atoms with Crippen LogP contribution in [0.15, 0.2) is 0 Å². The third kappa shape index (κ3) is 9.21. The summed E-state index contributed by atoms with van der Waals surface area (Å²) in [7, 11) is 0. The molecule has 0 rings (SSSR count). The average Bonchev–Trinajstić information content (AvgIpc) is 1.36. The van der Waals surface area contributed by atoms with Crippen LogP contribution in [0.2, 0.25) is 0 Å². The van der Waals surface area contributed by atoms with E-state index in [0.717, 1.165) is 0 Å². The third-order valence-corrected chi connectivity index (χ3v) is 0.183. The molecule has 0 saturated carbocycles. The van der Waals surface area contributed by atoms with Crippen molar-refractivity contribution in [3.63, 3.8) is 0 Å². The van der Waals surface area contributed by atoms with Gasteiger partial charge in [-0.05, 0) is 0 Å². The maximum Gasteiger partial charge on any atom is 0.414 e. The number of rotatable bonds is 0. The Morgan fingerprint density at radius 1 is 1.00 bits per heavy atom. The van der Waals surface area contributed by atoms with Crippen LogP contribution >= 0.6 is 0 Å². The van der Waals surface area contributed by atoms with Gasteiger partial charge < -0.3 is 16.4 Å². The van der Waals surface area contributed by atoms with E-state index < -0.39 is 11.9 Å². The molecule has 0 aromatic carbocycles. The van der Waals surface area contributed by atoms with Crippen LogP contribution in [0.1, 0.15) is 0 Å². The molecule has 0 heterocycles. The van der Waals surface area contributed by atoms with Gasteiger partial charge in [-0.1, -0.05) is 0 Å². The second kappa shape index (κ2) is 6.72. The van der Waals surface area contributed by atoms with E-state index in [4.69, 9.17) is 19.8 Å². The molecule has 6 heteroatoms. The maximum atomic E-state index is 9.10. The Bertz CT molecular complexity index is 80.0. The first-order valence-electron chi connectivity index (χ1n) is 1.11. The predicted molar refractivity (Wildman–Crippen MR) is 26.0 cm³/mol. The molecule has 0 spiro atoms. The topological polar surface area (TPSA) is 110 Å². The van der Waals surface area contributed by atoms with Crippen LogP contribution in [0.25, 0.3) is 0 Å². The normalized spacial score (nSPS) is 5.50. The molecule has 0 aliphatic heterocycles. The molecule has 0 atom stereocenters. The summed E-state index contributed by atoms with van der Waals surface area (Å²) in [6, 6.07) is 0. The molecule has 0 unspecified atom stereocenters. The van der Waals surface area contributed by atoms with Gasteiger partial charge in [0.1, 0.15) is 0 Å². The van der Waals surface area contributed by atoms with Crippen molar-refractivity contribution in [2.75, 3.05) is 0 Å². The van der Waals surface area contributed by atoms with E-state index in [-0.39, 0.29) is 30.6 Å². The standard InChI is InChI=1S/C2H2O4.H3N.Sb/c3-1(4)2(5)6;;/h(H,3,4)(H,5,6);1H3;. The smallest absolute Gasteiger partial charge is 0.414 e. The molecule has 0 fully saturated rings. The first kappa shape index (κ1) is 15.6. The number of hydrogen-bond donors (Lipinski definition) is 3. The van der Waals surface area contributed by atoms with Crippen LogP contribution in [0.4, 0.5) is 0 Å². The van der Waals surface area contributed by atoms with Crippen LogP contribution in [0.3, 0.4) is 0 Å². The minimum atomic E-state index is -1.82. The van der Waals surface area contributed by atoms with Gasteiger partial charge in [0.05, 0.1) is 0 Å². The van der Waals surface area contributed by atoms with Crippen molar-refractivity contribution >= 4 is 36.4 Å². The van der Waals surface area contributed by atoms with Gasteiger partial charge in [0.15, 0.2) is 0 Å². The molecule has 8 heavy (non-hydrogen) atoms. The molecule has 0 amide bonds. The van der Waals surface area contributed by atoms with Gasteiger partial charge in [-0.25, -0.2) is 9.59 Å². The summed E-state index contributed by atoms with van der Waals surface area (Å²) in [5.74, 6) is -3.65. The van der Waals surface area contributed by atoms with Crippen molar-refractivity contribution < 1.29 is 19.8 Å². The number of hydrogen-bond acceptors (Lipinski definition) is 3. The fourth-order valence-electron chi connectivity index (χ4n) is 0. The Morgan fingerprint density at radius 2 is 1.12 bits per heavy atom. The summed E-state index contributed by atoms with van der Waals surface area (Å²) in [5.41, 5.74) is 0. The SMILES string of the molecule is N.O=C(O)C(=O)O.[Sb]. The Morgan fingerprint density at radius 3 is 1.12 bits per heavy atom. The van der Waals surface area contributed by atoms with Gasteiger partial charge in [0, 0.05) is 24.4 Å². The van der Waals surface area contributed by atoms with E-state index in [9.17, 15) is 0 Å². The van der Waals surface area contributed by atoms with Gasteiger partial charge in [0.25, 0.3) is 0 Å². The fourth-order valence-corrected chi connectivity index (χ4v) is 0. The minimum absolute atomic E-state index is 0. The molecule has 0 aliphatic carbocycles. The van der Waals surface area contributed by atoms with Crippen LogP contribution in [-0.4, -0.2) is 46.6 Å². The summed E-state index contributed by atoms with van der Waals surface area (Å²) in [5, 5.41) is 14.8. The quantitative estimate of drug-likeness (QED) is 0.362. The molecule has 3 radical (unpaired) electrons. The summed E-state index contributed by atoms with van der Waals surface area (Å²) in [4.78, 5) is 18.2. The molecule has 5 N–H and O–H groups in total. The molecule has 0 bridgehead atoms. The van der Waals surface area contributed by atoms with Gasteiger partial charge in [-0.3, -0.25) is 0 Å². The first-order valence-corrected chi connectivity index (χ1v) is 1.11. The second-order valence-corrected chi connectivity index (χ2v) is 0.610. The summed E-state index contributed by atoms with van der Waals surface area (Å²) in [6.45, 7) is 0. The summed E-state index contributed by atoms with van der Waals surface area (Å²) >= 11 is 0. The molecule has 47 valence electrons. The summed E-state index contributed by atoms with van der Waals surface area (Å²) < 4.78 is 0. The molecule has 0 saturated heterocycles. The Hall–Kier alpha value is -0.282. The molecule has 0 aliphatic rings. The van der Waals surface area contributed by atoms with Crippen molar-refractivity contribution in [1.82, 2.24) is 6.15 Å². The second-order valence-electron chi connectivity index (χ2n) is 0.610. The van der Waals surface area contributed by atoms with E-state index >= 15 is 0 Å². The van der Waals surface area contributed by atoms with E-state index in [0.29, 0.717) is 0 Å². The van der Waals surface area contributed by atoms with Crippen molar-refractivity contribution in [1.29, 1.82) is 0 Å². The van der Waals surface area contributed by atoms with Gasteiger partial charge in [-0.2, -0.15) is 0 Å². The molecule has 0 aromatic rings. The zero-order valence-electron chi connectivity index (χ0n) is 3.87. The molecule has 5 nitrogen and oxygen atoms in total. The van der Waals surface area contributed by atoms with Crippen molar-refractivity contribution in [3.05, 3.63) is 0 Å². The van der Waals surface area contributed by atoms with Crippen molar-refractivity contribution in [2.24, 2.45) is 0 Å². The first-order chi connectivity index (χ1) is 2.64. The average molecular weight is 229 g/mol. The van der Waals surface area contributed by atoms with E-state index in [1.165, 1.54) is 0 Å². The zero-order valence-corrected chi connectivity index (χ0v) is 6.42. The van der Waals surface area contributed by atoms with Gasteiger partial charge in [-0.15, -0.1) is 0 Å². The van der Waals surface area contributed by atoms with Gasteiger partial charge in [0.2, 0.25) is 0 Å². The zero-order chi connectivity index (χ0) is 5.15. The van der Waals surface area contributed by atoms with Crippen LogP contribution in [0.5, 0.6) is 0 Å². The fraction of sp³-hybridized carbons (Fsp3) is 0. The Labute approximate surface area is 62.7 Å². The van der Waals surface area contributed by atoms with Crippen molar-refractivity contribution in [2.45, 2.75) is 0 Å². The van der Waals surface area contributed by atoms with Crippen LogP contribution in [0, 0.1) is 0 Å². The Balaban J connectivity index is -0.000000125. The predicted octanol–water partition coefficient (Wildman–Crippen LogP) is -1.06. The van der Waals surface area contributed by atoms with E-state index in [1.807, 2.05) is 0 Å². The Kier molecular flexibility index (Phi) is 13.1. The number of carbonyl (C=O) groups is 2. The monoisotopic (exact) mass is 228 g/mol. The van der Waals surface area contributed by atoms with Crippen LogP contribution in [-0.2, 0) is 9.59 Å². The van der Waals surface area contributed by atoms with E-state index in [1.54, 1.807) is 0 Å². The maximum absolute atomic E-state index is 9.10. The molecule has 0 aromatic heterocycles. The van der Waals surface area contributed by atoms with Crippen LogP contribution < -0.4 is 6.15 Å². The van der Waals surface area contributed by atoms with E-state index in [2.05, 4.69) is 0 Å². The molecular weight excluding hydrogens is 224 g/mol. The summed E-state index contributed by atoms with van der Waals surface area (Å²) in [6.07, 6.45) is 0. The number of carboxylic acid groups (broad SMARTS) is 2. The largest absolute Gasteiger partial charge is 0.473 e. The molecular formula is C2H5NO4Sb. The van der Waals surface area contributed by atoms with Gasteiger partial charge >= 0.3 is 11.9 Å². The van der Waals surface area contributed by atoms with Crippen molar-refractivity contribution in [3.8, 4) is 0 Å².